The van der Waals surface area contributed by atoms with Crippen molar-refractivity contribution in [1.29, 1.82) is 0 Å². The largest absolute Gasteiger partial charge is 0.493 e. The number of carbonyl (C=O) groups is 1. The molecule has 1 heterocycles. The van der Waals surface area contributed by atoms with Crippen molar-refractivity contribution in [1.82, 2.24) is 0 Å². The minimum absolute atomic E-state index is 0.328. The standard InChI is InChI=1S/C28H20Cl2FNO3/c29-20-7-3-17(4-8-20)23-15-21(9-12-25(23)31)32-28(33)18-5-10-22(11-6-18)35-27-16-26-19(14-24(27)30)2-1-13-34-26/h3-12,14-16H,1-2,13H2,(H,32,33). The molecule has 7 heteroatoms. The van der Waals surface area contributed by atoms with E-state index in [1.807, 2.05) is 6.07 Å². The van der Waals surface area contributed by atoms with Crippen molar-refractivity contribution < 1.29 is 18.7 Å². The van der Waals surface area contributed by atoms with Gasteiger partial charge in [-0.15, -0.1) is 0 Å². The Kier molecular flexibility index (Phi) is 6.62. The van der Waals surface area contributed by atoms with Gasteiger partial charge in [-0.1, -0.05) is 35.3 Å². The topological polar surface area (TPSA) is 47.6 Å². The first-order chi connectivity index (χ1) is 17.0. The Morgan fingerprint density at radius 2 is 1.71 bits per heavy atom. The molecule has 0 saturated carbocycles. The van der Waals surface area contributed by atoms with Gasteiger partial charge in [-0.05, 0) is 84.6 Å². The zero-order valence-corrected chi connectivity index (χ0v) is 20.0. The zero-order valence-electron chi connectivity index (χ0n) is 18.5. The molecule has 4 aromatic carbocycles. The lowest BCUT2D eigenvalue weighted by Gasteiger charge is -2.19. The maximum absolute atomic E-state index is 14.4. The van der Waals surface area contributed by atoms with E-state index in [1.54, 1.807) is 60.7 Å². The normalized spacial score (nSPS) is 12.4. The lowest BCUT2D eigenvalue weighted by molar-refractivity contribution is 0.102. The van der Waals surface area contributed by atoms with Crippen LogP contribution in [-0.2, 0) is 6.42 Å². The van der Waals surface area contributed by atoms with Crippen molar-refractivity contribution in [2.24, 2.45) is 0 Å². The lowest BCUT2D eigenvalue weighted by atomic mass is 10.0. The highest BCUT2D eigenvalue weighted by atomic mass is 35.5. The second kappa shape index (κ2) is 9.98. The van der Waals surface area contributed by atoms with Gasteiger partial charge in [0.2, 0.25) is 0 Å². The van der Waals surface area contributed by atoms with Crippen molar-refractivity contribution in [3.05, 3.63) is 106 Å². The summed E-state index contributed by atoms with van der Waals surface area (Å²) in [7, 11) is 0. The van der Waals surface area contributed by atoms with Gasteiger partial charge in [-0.3, -0.25) is 4.79 Å². The monoisotopic (exact) mass is 507 g/mol. The van der Waals surface area contributed by atoms with Gasteiger partial charge < -0.3 is 14.8 Å². The van der Waals surface area contributed by atoms with Crippen LogP contribution < -0.4 is 14.8 Å². The van der Waals surface area contributed by atoms with Crippen LogP contribution in [0.2, 0.25) is 10.0 Å². The van der Waals surface area contributed by atoms with Crippen LogP contribution in [0.15, 0.2) is 78.9 Å². The van der Waals surface area contributed by atoms with Crippen molar-refractivity contribution in [2.45, 2.75) is 12.8 Å². The number of amides is 1. The van der Waals surface area contributed by atoms with Gasteiger partial charge in [0.05, 0.1) is 11.6 Å². The highest BCUT2D eigenvalue weighted by Gasteiger charge is 2.16. The average Bonchev–Trinajstić information content (AvgIpc) is 2.86. The fourth-order valence-electron chi connectivity index (χ4n) is 3.89. The number of anilines is 1. The molecule has 0 bridgehead atoms. The first-order valence-corrected chi connectivity index (χ1v) is 11.8. The first kappa shape index (κ1) is 23.2. The second-order valence-corrected chi connectivity index (χ2v) is 8.97. The lowest BCUT2D eigenvalue weighted by Crippen LogP contribution is -2.12. The predicted molar refractivity (Wildman–Crippen MR) is 137 cm³/mol. The number of aryl methyl sites for hydroxylation is 1. The SMILES string of the molecule is O=C(Nc1ccc(F)c(-c2ccc(Cl)cc2)c1)c1ccc(Oc2cc3c(cc2Cl)CCCO3)cc1. The number of fused-ring (bicyclic) bond motifs is 1. The fourth-order valence-corrected chi connectivity index (χ4v) is 4.24. The average molecular weight is 508 g/mol. The molecule has 0 unspecified atom stereocenters. The van der Waals surface area contributed by atoms with Crippen molar-refractivity contribution in [3.8, 4) is 28.4 Å². The van der Waals surface area contributed by atoms with E-state index >= 15 is 0 Å². The van der Waals surface area contributed by atoms with Gasteiger partial charge in [-0.2, -0.15) is 0 Å². The molecule has 0 radical (unpaired) electrons. The highest BCUT2D eigenvalue weighted by Crippen LogP contribution is 2.37. The molecule has 4 nitrogen and oxygen atoms in total. The second-order valence-electron chi connectivity index (χ2n) is 8.12. The molecule has 5 rings (SSSR count). The molecule has 4 aromatic rings. The van der Waals surface area contributed by atoms with E-state index in [9.17, 15) is 9.18 Å². The smallest absolute Gasteiger partial charge is 0.255 e. The molecular weight excluding hydrogens is 488 g/mol. The molecule has 1 amide bonds. The highest BCUT2D eigenvalue weighted by molar-refractivity contribution is 6.32. The number of rotatable bonds is 5. The minimum atomic E-state index is -0.391. The quantitative estimate of drug-likeness (QED) is 0.296. The van der Waals surface area contributed by atoms with Gasteiger partial charge in [0, 0.05) is 27.9 Å². The molecule has 0 saturated heterocycles. The molecule has 0 aromatic heterocycles. The molecule has 1 aliphatic rings. The Hall–Kier alpha value is -3.54. The molecular formula is C28H20Cl2FNO3. The molecule has 35 heavy (non-hydrogen) atoms. The Labute approximate surface area is 212 Å². The summed E-state index contributed by atoms with van der Waals surface area (Å²) in [6, 6.07) is 21.6. The Balaban J connectivity index is 1.29. The van der Waals surface area contributed by atoms with E-state index in [0.29, 0.717) is 50.5 Å². The number of benzene rings is 4. The molecule has 0 fully saturated rings. The summed E-state index contributed by atoms with van der Waals surface area (Å²) in [6.45, 7) is 0.674. The zero-order chi connectivity index (χ0) is 24.4. The van der Waals surface area contributed by atoms with Crippen LogP contribution in [-0.4, -0.2) is 12.5 Å². The van der Waals surface area contributed by atoms with Gasteiger partial charge in [0.15, 0.2) is 0 Å². The van der Waals surface area contributed by atoms with Gasteiger partial charge in [0.25, 0.3) is 5.91 Å². The predicted octanol–water partition coefficient (Wildman–Crippen LogP) is 8.17. The van der Waals surface area contributed by atoms with E-state index in [-0.39, 0.29) is 5.91 Å². The van der Waals surface area contributed by atoms with Crippen LogP contribution >= 0.6 is 23.2 Å². The molecule has 1 N–H and O–H groups in total. The van der Waals surface area contributed by atoms with Gasteiger partial charge in [0.1, 0.15) is 23.1 Å². The molecule has 1 aliphatic heterocycles. The van der Waals surface area contributed by atoms with Crippen LogP contribution in [0, 0.1) is 5.82 Å². The third-order valence-corrected chi connectivity index (χ3v) is 6.23. The molecule has 0 aliphatic carbocycles. The maximum Gasteiger partial charge on any atom is 0.255 e. The van der Waals surface area contributed by atoms with E-state index < -0.39 is 5.82 Å². The summed E-state index contributed by atoms with van der Waals surface area (Å²) in [4.78, 5) is 12.8. The summed E-state index contributed by atoms with van der Waals surface area (Å²) >= 11 is 12.3. The molecule has 176 valence electrons. The number of ether oxygens (including phenoxy) is 2. The molecule has 0 spiro atoms. The maximum atomic E-state index is 14.4. The van der Waals surface area contributed by atoms with Crippen LogP contribution in [0.25, 0.3) is 11.1 Å². The Bertz CT molecular complexity index is 1390. The Morgan fingerprint density at radius 3 is 2.49 bits per heavy atom. The van der Waals surface area contributed by atoms with Gasteiger partial charge in [-0.25, -0.2) is 4.39 Å². The van der Waals surface area contributed by atoms with Crippen LogP contribution in [0.4, 0.5) is 10.1 Å². The van der Waals surface area contributed by atoms with Crippen molar-refractivity contribution in [3.63, 3.8) is 0 Å². The third kappa shape index (κ3) is 5.26. The minimum Gasteiger partial charge on any atom is -0.493 e. The van der Waals surface area contributed by atoms with Crippen molar-refractivity contribution in [2.75, 3.05) is 11.9 Å². The van der Waals surface area contributed by atoms with Gasteiger partial charge >= 0.3 is 0 Å². The van der Waals surface area contributed by atoms with E-state index in [0.717, 1.165) is 24.2 Å². The number of halogens is 3. The van der Waals surface area contributed by atoms with Crippen molar-refractivity contribution >= 4 is 34.8 Å². The van der Waals surface area contributed by atoms with Crippen LogP contribution in [0.3, 0.4) is 0 Å². The van der Waals surface area contributed by atoms with Crippen LogP contribution in [0.1, 0.15) is 22.3 Å². The van der Waals surface area contributed by atoms with Crippen LogP contribution in [0.5, 0.6) is 17.2 Å². The fraction of sp³-hybridized carbons (Fsp3) is 0.107. The number of nitrogens with one attached hydrogen (secondary N) is 1. The van der Waals surface area contributed by atoms with E-state index in [1.165, 1.54) is 12.1 Å². The van der Waals surface area contributed by atoms with E-state index in [4.69, 9.17) is 32.7 Å². The summed E-state index contributed by atoms with van der Waals surface area (Å²) in [5, 5.41) is 3.88. The number of carbonyl (C=O) groups excluding carboxylic acids is 1. The first-order valence-electron chi connectivity index (χ1n) is 11.1. The third-order valence-electron chi connectivity index (χ3n) is 5.69. The summed E-state index contributed by atoms with van der Waals surface area (Å²) in [6.07, 6.45) is 1.89. The number of hydrogen-bond acceptors (Lipinski definition) is 3. The molecule has 0 atom stereocenters. The van der Waals surface area contributed by atoms with E-state index in [2.05, 4.69) is 5.32 Å². The summed E-state index contributed by atoms with van der Waals surface area (Å²) in [5.74, 6) is 1.09. The Morgan fingerprint density at radius 1 is 0.943 bits per heavy atom. The summed E-state index contributed by atoms with van der Waals surface area (Å²) < 4.78 is 26.0. The number of hydrogen-bond donors (Lipinski definition) is 1. The summed E-state index contributed by atoms with van der Waals surface area (Å²) in [5.41, 5.74) is 3.00.